The lowest BCUT2D eigenvalue weighted by molar-refractivity contribution is -0.151. The highest BCUT2D eigenvalue weighted by Gasteiger charge is 2.29. The smallest absolute Gasteiger partial charge is 0.309 e. The molecule has 0 N–H and O–H groups in total. The molecule has 7 heteroatoms. The van der Waals surface area contributed by atoms with Gasteiger partial charge in [-0.1, -0.05) is 24.3 Å². The van der Waals surface area contributed by atoms with E-state index in [0.29, 0.717) is 25.9 Å². The lowest BCUT2D eigenvalue weighted by atomic mass is 9.98. The second-order valence-corrected chi connectivity index (χ2v) is 8.02. The molecule has 1 saturated heterocycles. The van der Waals surface area contributed by atoms with Crippen molar-refractivity contribution in [3.8, 4) is 0 Å². The summed E-state index contributed by atoms with van der Waals surface area (Å²) >= 11 is 0. The van der Waals surface area contributed by atoms with E-state index in [4.69, 9.17) is 4.74 Å². The number of hydrogen-bond acceptors (Lipinski definition) is 5. The van der Waals surface area contributed by atoms with E-state index in [0.717, 1.165) is 16.5 Å². The minimum atomic E-state index is -3.18. The van der Waals surface area contributed by atoms with Gasteiger partial charge in [-0.05, 0) is 18.9 Å². The lowest BCUT2D eigenvalue weighted by Gasteiger charge is -2.28. The number of hydrogen-bond donors (Lipinski definition) is 0. The van der Waals surface area contributed by atoms with E-state index in [-0.39, 0.29) is 18.5 Å². The third-order valence-corrected chi connectivity index (χ3v) is 5.65. The second kappa shape index (κ2) is 6.86. The zero-order valence-corrected chi connectivity index (χ0v) is 14.3. The molecule has 1 fully saturated rings. The summed E-state index contributed by atoms with van der Waals surface area (Å²) in [5, 5.41) is 1.01. The molecule has 0 saturated carbocycles. The van der Waals surface area contributed by atoms with Crippen molar-refractivity contribution < 1.29 is 17.9 Å². The van der Waals surface area contributed by atoms with Crippen LogP contribution in [0.5, 0.6) is 0 Å². The maximum absolute atomic E-state index is 12.3. The third-order valence-electron chi connectivity index (χ3n) is 4.34. The van der Waals surface area contributed by atoms with Crippen LogP contribution in [0.1, 0.15) is 18.4 Å². The van der Waals surface area contributed by atoms with Gasteiger partial charge in [0.05, 0.1) is 17.7 Å². The summed E-state index contributed by atoms with van der Waals surface area (Å²) in [5.74, 6) is -0.512. The number of ether oxygens (including phenoxy) is 1. The second-order valence-electron chi connectivity index (χ2n) is 6.04. The summed E-state index contributed by atoms with van der Waals surface area (Å²) in [6.45, 7) is 0.919. The average Bonchev–Trinajstić information content (AvgIpc) is 2.59. The Morgan fingerprint density at radius 1 is 1.25 bits per heavy atom. The summed E-state index contributed by atoms with van der Waals surface area (Å²) in [4.78, 5) is 16.6. The van der Waals surface area contributed by atoms with E-state index < -0.39 is 10.0 Å². The molecule has 0 aliphatic carbocycles. The molecule has 0 atom stereocenters. The van der Waals surface area contributed by atoms with E-state index >= 15 is 0 Å². The number of fused-ring (bicyclic) bond motifs is 1. The monoisotopic (exact) mass is 348 g/mol. The number of aromatic nitrogens is 1. The minimum absolute atomic E-state index is 0.180. The van der Waals surface area contributed by atoms with Crippen molar-refractivity contribution in [3.63, 3.8) is 0 Å². The van der Waals surface area contributed by atoms with Crippen molar-refractivity contribution >= 4 is 26.9 Å². The predicted molar refractivity (Wildman–Crippen MR) is 90.7 cm³/mol. The van der Waals surface area contributed by atoms with Crippen molar-refractivity contribution in [2.45, 2.75) is 19.4 Å². The van der Waals surface area contributed by atoms with Gasteiger partial charge in [0.2, 0.25) is 10.0 Å². The molecule has 6 nitrogen and oxygen atoms in total. The SMILES string of the molecule is CS(=O)(=O)N1CCC(C(=O)OCc2cccc3cccnc23)CC1. The molecular formula is C17H20N2O4S. The van der Waals surface area contributed by atoms with Gasteiger partial charge < -0.3 is 4.74 Å². The van der Waals surface area contributed by atoms with Crippen LogP contribution in [0.3, 0.4) is 0 Å². The molecule has 2 heterocycles. The number of benzene rings is 1. The zero-order valence-electron chi connectivity index (χ0n) is 13.5. The number of para-hydroxylation sites is 1. The number of piperidine rings is 1. The van der Waals surface area contributed by atoms with Gasteiger partial charge in [-0.3, -0.25) is 9.78 Å². The quantitative estimate of drug-likeness (QED) is 0.789. The largest absolute Gasteiger partial charge is 0.461 e. The molecule has 3 rings (SSSR count). The van der Waals surface area contributed by atoms with Crippen LogP contribution in [0.4, 0.5) is 0 Å². The van der Waals surface area contributed by atoms with Crippen LogP contribution < -0.4 is 0 Å². The Labute approximate surface area is 141 Å². The Hall–Kier alpha value is -1.99. The normalized spacial score (nSPS) is 17.0. The topological polar surface area (TPSA) is 76.6 Å². The van der Waals surface area contributed by atoms with Crippen molar-refractivity contribution in [2.24, 2.45) is 5.92 Å². The number of sulfonamides is 1. The highest BCUT2D eigenvalue weighted by Crippen LogP contribution is 2.22. The standard InChI is InChI=1S/C17H20N2O4S/c1-24(21,22)19-10-7-14(8-11-19)17(20)23-12-15-5-2-4-13-6-3-9-18-16(13)15/h2-6,9,14H,7-8,10-12H2,1H3. The van der Waals surface area contributed by atoms with Crippen molar-refractivity contribution in [2.75, 3.05) is 19.3 Å². The summed E-state index contributed by atoms with van der Waals surface area (Å²) in [6.07, 6.45) is 3.91. The van der Waals surface area contributed by atoms with Crippen molar-refractivity contribution in [3.05, 3.63) is 42.1 Å². The van der Waals surface area contributed by atoms with Gasteiger partial charge in [0.25, 0.3) is 0 Å². The Balaban J connectivity index is 1.60. The van der Waals surface area contributed by atoms with Crippen molar-refractivity contribution in [1.82, 2.24) is 9.29 Å². The van der Waals surface area contributed by atoms with Crippen molar-refractivity contribution in [1.29, 1.82) is 0 Å². The molecule has 1 aliphatic heterocycles. The van der Waals surface area contributed by atoms with E-state index in [1.54, 1.807) is 6.20 Å². The first-order chi connectivity index (χ1) is 11.4. The van der Waals surface area contributed by atoms with Crippen LogP contribution >= 0.6 is 0 Å². The van der Waals surface area contributed by atoms with E-state index in [2.05, 4.69) is 4.98 Å². The summed E-state index contributed by atoms with van der Waals surface area (Å²) in [7, 11) is -3.18. The first-order valence-corrected chi connectivity index (χ1v) is 9.74. The molecule has 0 spiro atoms. The molecule has 1 aromatic carbocycles. The number of rotatable bonds is 4. The maximum Gasteiger partial charge on any atom is 0.309 e. The van der Waals surface area contributed by atoms with Gasteiger partial charge in [0.15, 0.2) is 0 Å². The molecule has 0 unspecified atom stereocenters. The highest BCUT2D eigenvalue weighted by molar-refractivity contribution is 7.88. The summed E-state index contributed by atoms with van der Waals surface area (Å²) < 4.78 is 29.9. The Bertz CT molecular complexity index is 837. The molecule has 128 valence electrons. The van der Waals surface area contributed by atoms with Crippen LogP contribution in [0, 0.1) is 5.92 Å². The summed E-state index contributed by atoms with van der Waals surface area (Å²) in [6, 6.07) is 9.61. The number of pyridine rings is 1. The Morgan fingerprint density at radius 2 is 1.96 bits per heavy atom. The predicted octanol–water partition coefficient (Wildman–Crippen LogP) is 1.95. The van der Waals surface area contributed by atoms with E-state index in [1.807, 2.05) is 30.3 Å². The van der Waals surface area contributed by atoms with Gasteiger partial charge in [-0.25, -0.2) is 12.7 Å². The number of carbonyl (C=O) groups excluding carboxylic acids is 1. The molecule has 0 bridgehead atoms. The average molecular weight is 348 g/mol. The van der Waals surface area contributed by atoms with Crippen LogP contribution in [-0.4, -0.2) is 43.0 Å². The fourth-order valence-electron chi connectivity index (χ4n) is 2.97. The first-order valence-electron chi connectivity index (χ1n) is 7.89. The fourth-order valence-corrected chi connectivity index (χ4v) is 3.85. The molecule has 24 heavy (non-hydrogen) atoms. The van der Waals surface area contributed by atoms with Crippen LogP contribution in [0.2, 0.25) is 0 Å². The molecule has 0 amide bonds. The van der Waals surface area contributed by atoms with Crippen LogP contribution in [0.15, 0.2) is 36.5 Å². The Morgan fingerprint density at radius 3 is 2.67 bits per heavy atom. The van der Waals surface area contributed by atoms with Gasteiger partial charge in [0.1, 0.15) is 6.61 Å². The highest BCUT2D eigenvalue weighted by atomic mass is 32.2. The van der Waals surface area contributed by atoms with Crippen LogP contribution in [0.25, 0.3) is 10.9 Å². The number of esters is 1. The summed E-state index contributed by atoms with van der Waals surface area (Å²) in [5.41, 5.74) is 1.70. The molecule has 1 aromatic heterocycles. The van der Waals surface area contributed by atoms with Gasteiger partial charge in [-0.2, -0.15) is 0 Å². The molecule has 2 aromatic rings. The molecular weight excluding hydrogens is 328 g/mol. The van der Waals surface area contributed by atoms with E-state index in [1.165, 1.54) is 10.6 Å². The molecule has 1 aliphatic rings. The fraction of sp³-hybridized carbons (Fsp3) is 0.412. The third kappa shape index (κ3) is 3.73. The molecule has 0 radical (unpaired) electrons. The number of carbonyl (C=O) groups is 1. The lowest BCUT2D eigenvalue weighted by Crippen LogP contribution is -2.40. The first kappa shape index (κ1) is 16.9. The Kier molecular flexibility index (Phi) is 4.82. The van der Waals surface area contributed by atoms with Gasteiger partial charge >= 0.3 is 5.97 Å². The number of nitrogens with zero attached hydrogens (tertiary/aromatic N) is 2. The minimum Gasteiger partial charge on any atom is -0.461 e. The van der Waals surface area contributed by atoms with Gasteiger partial charge in [0, 0.05) is 30.2 Å². The van der Waals surface area contributed by atoms with E-state index in [9.17, 15) is 13.2 Å². The van der Waals surface area contributed by atoms with Gasteiger partial charge in [-0.15, -0.1) is 0 Å². The zero-order chi connectivity index (χ0) is 17.2. The maximum atomic E-state index is 12.3. The van der Waals surface area contributed by atoms with Crippen LogP contribution in [-0.2, 0) is 26.2 Å².